The van der Waals surface area contributed by atoms with Gasteiger partial charge in [0.05, 0.1) is 17.1 Å². The van der Waals surface area contributed by atoms with Crippen LogP contribution in [0.1, 0.15) is 11.1 Å². The highest BCUT2D eigenvalue weighted by Crippen LogP contribution is 2.42. The predicted molar refractivity (Wildman–Crippen MR) is 143 cm³/mol. The lowest BCUT2D eigenvalue weighted by Crippen LogP contribution is -2.28. The van der Waals surface area contributed by atoms with E-state index in [2.05, 4.69) is 45.5 Å². The normalized spacial score (nSPS) is 12.0. The average Bonchev–Trinajstić information content (AvgIpc) is 3.28. The van der Waals surface area contributed by atoms with Crippen molar-refractivity contribution in [1.82, 2.24) is 25.1 Å². The number of pyridine rings is 1. The first kappa shape index (κ1) is 29.9. The highest BCUT2D eigenvalue weighted by molar-refractivity contribution is 6.76. The quantitative estimate of drug-likeness (QED) is 0.123. The van der Waals surface area contributed by atoms with Gasteiger partial charge >= 0.3 is 12.2 Å². The molecule has 4 aromatic rings. The third kappa shape index (κ3) is 7.76. The summed E-state index contributed by atoms with van der Waals surface area (Å²) in [5.41, 5.74) is -0.812. The van der Waals surface area contributed by atoms with Crippen molar-refractivity contribution in [2.45, 2.75) is 45.1 Å². The van der Waals surface area contributed by atoms with E-state index in [1.807, 2.05) is 0 Å². The number of halogens is 5. The van der Waals surface area contributed by atoms with Crippen LogP contribution in [0.2, 0.25) is 25.7 Å². The molecular weight excluding hydrogens is 567 g/mol. The molecule has 0 fully saturated rings. The minimum Gasteiger partial charge on any atom is -0.450 e. The number of nitrogens with one attached hydrogen (secondary N) is 2. The highest BCUT2D eigenvalue weighted by atomic mass is 28.3. The number of rotatable bonds is 10. The second-order valence-electron chi connectivity index (χ2n) is 10.3. The summed E-state index contributed by atoms with van der Waals surface area (Å²) >= 11 is 0. The Morgan fingerprint density at radius 3 is 2.44 bits per heavy atom. The van der Waals surface area contributed by atoms with Crippen molar-refractivity contribution in [3.05, 3.63) is 71.8 Å². The molecule has 3 heterocycles. The Bertz CT molecular complexity index is 1500. The van der Waals surface area contributed by atoms with E-state index in [4.69, 9.17) is 9.47 Å². The Morgan fingerprint density at radius 2 is 1.80 bits per heavy atom. The first-order chi connectivity index (χ1) is 19.3. The Labute approximate surface area is 232 Å². The Balaban J connectivity index is 1.55. The van der Waals surface area contributed by atoms with E-state index in [0.717, 1.165) is 30.4 Å². The van der Waals surface area contributed by atoms with E-state index in [-0.39, 0.29) is 24.6 Å². The molecule has 218 valence electrons. The molecule has 0 bridgehead atoms. The molecule has 0 aliphatic carbocycles. The van der Waals surface area contributed by atoms with Crippen LogP contribution in [-0.2, 0) is 24.2 Å². The van der Waals surface area contributed by atoms with Gasteiger partial charge in [-0.3, -0.25) is 0 Å². The molecule has 15 heteroatoms. The van der Waals surface area contributed by atoms with Gasteiger partial charge in [0.2, 0.25) is 0 Å². The molecule has 3 aromatic heterocycles. The van der Waals surface area contributed by atoms with Crippen molar-refractivity contribution < 1.29 is 36.2 Å². The summed E-state index contributed by atoms with van der Waals surface area (Å²) < 4.78 is 83.9. The fourth-order valence-electron chi connectivity index (χ4n) is 3.75. The van der Waals surface area contributed by atoms with Crippen LogP contribution in [0.4, 0.5) is 32.4 Å². The maximum absolute atomic E-state index is 14.9. The van der Waals surface area contributed by atoms with E-state index in [1.54, 1.807) is 6.07 Å². The lowest BCUT2D eigenvalue weighted by Gasteiger charge is -2.15. The molecule has 2 amide bonds. The topological polar surface area (TPSA) is 103 Å². The highest BCUT2D eigenvalue weighted by Gasteiger charge is 2.37. The Hall–Kier alpha value is -4.11. The lowest BCUT2D eigenvalue weighted by molar-refractivity contribution is -0.136. The summed E-state index contributed by atoms with van der Waals surface area (Å²) in [6.45, 7) is 6.68. The molecule has 0 aliphatic heterocycles. The van der Waals surface area contributed by atoms with E-state index in [0.29, 0.717) is 12.2 Å². The molecule has 0 spiro atoms. The number of benzene rings is 1. The molecule has 9 nitrogen and oxygen atoms in total. The minimum atomic E-state index is -4.81. The SMILES string of the molecule is C[Si](C)(C)CCOCn1cc(C(F)(F)F)c2c(Oc3c(F)cc(NC(=O)NCc4ccnnc4)cc3F)ccnc21. The van der Waals surface area contributed by atoms with Crippen LogP contribution in [0.15, 0.2) is 49.1 Å². The number of aromatic nitrogens is 4. The van der Waals surface area contributed by atoms with Gasteiger partial charge in [-0.1, -0.05) is 19.6 Å². The molecule has 0 atom stereocenters. The van der Waals surface area contributed by atoms with E-state index >= 15 is 0 Å². The molecule has 1 aromatic carbocycles. The summed E-state index contributed by atoms with van der Waals surface area (Å²) in [6, 6.07) is 4.33. The number of anilines is 1. The number of hydrogen-bond donors (Lipinski definition) is 2. The second-order valence-corrected chi connectivity index (χ2v) is 15.9. The fraction of sp³-hybridized carbons (Fsp3) is 0.308. The first-order valence-corrected chi connectivity index (χ1v) is 16.1. The van der Waals surface area contributed by atoms with Crippen LogP contribution in [-0.4, -0.2) is 40.5 Å². The number of fused-ring (bicyclic) bond motifs is 1. The van der Waals surface area contributed by atoms with Crippen LogP contribution in [0, 0.1) is 11.6 Å². The van der Waals surface area contributed by atoms with E-state index < -0.39 is 54.4 Å². The van der Waals surface area contributed by atoms with Crippen molar-refractivity contribution >= 4 is 30.8 Å². The van der Waals surface area contributed by atoms with Gasteiger partial charge in [0, 0.05) is 57.6 Å². The molecule has 0 saturated carbocycles. The average molecular weight is 595 g/mol. The number of alkyl halides is 3. The van der Waals surface area contributed by atoms with Crippen molar-refractivity contribution in [3.63, 3.8) is 0 Å². The van der Waals surface area contributed by atoms with Gasteiger partial charge < -0.3 is 24.7 Å². The van der Waals surface area contributed by atoms with Gasteiger partial charge in [0.15, 0.2) is 17.4 Å². The molecule has 0 aliphatic rings. The largest absolute Gasteiger partial charge is 0.450 e. The van der Waals surface area contributed by atoms with Crippen LogP contribution in [0.3, 0.4) is 0 Å². The van der Waals surface area contributed by atoms with E-state index in [9.17, 15) is 26.7 Å². The van der Waals surface area contributed by atoms with Gasteiger partial charge in [-0.2, -0.15) is 23.4 Å². The van der Waals surface area contributed by atoms with Gasteiger partial charge in [-0.15, -0.1) is 0 Å². The molecular formula is C26H27F5N6O3Si. The lowest BCUT2D eigenvalue weighted by atomic mass is 10.2. The number of ether oxygens (including phenoxy) is 2. The monoisotopic (exact) mass is 594 g/mol. The van der Waals surface area contributed by atoms with Gasteiger partial charge in [-0.25, -0.2) is 18.6 Å². The number of amides is 2. The first-order valence-electron chi connectivity index (χ1n) is 12.4. The van der Waals surface area contributed by atoms with Crippen molar-refractivity contribution in [2.75, 3.05) is 11.9 Å². The molecule has 41 heavy (non-hydrogen) atoms. The molecule has 0 unspecified atom stereocenters. The smallest absolute Gasteiger partial charge is 0.418 e. The van der Waals surface area contributed by atoms with Gasteiger partial charge in [-0.05, 0) is 23.7 Å². The van der Waals surface area contributed by atoms with Crippen LogP contribution in [0.25, 0.3) is 11.0 Å². The zero-order valence-electron chi connectivity index (χ0n) is 22.4. The molecule has 0 saturated heterocycles. The van der Waals surface area contributed by atoms with E-state index in [1.165, 1.54) is 23.2 Å². The number of urea groups is 1. The summed E-state index contributed by atoms with van der Waals surface area (Å²) in [5.74, 6) is -3.89. The summed E-state index contributed by atoms with van der Waals surface area (Å²) in [7, 11) is -1.42. The number of carbonyl (C=O) groups excluding carboxylic acids is 1. The maximum Gasteiger partial charge on any atom is 0.418 e. The summed E-state index contributed by atoms with van der Waals surface area (Å²) in [4.78, 5) is 16.2. The Morgan fingerprint density at radius 1 is 1.07 bits per heavy atom. The zero-order chi connectivity index (χ0) is 29.8. The molecule has 2 N–H and O–H groups in total. The number of hydrogen-bond acceptors (Lipinski definition) is 6. The standard InChI is InChI=1S/C26H27F5N6O3Si/c1-41(2,3)9-8-39-15-37-14-18(26(29,30)31)22-21(5-6-32-24(22)37)40-23-19(27)10-17(11-20(23)28)36-25(38)33-12-16-4-7-34-35-13-16/h4-7,10-11,13-14H,8-9,12,15H2,1-3H3,(H2,33,36,38). The van der Waals surface area contributed by atoms with Crippen LogP contribution >= 0.6 is 0 Å². The number of carbonyl (C=O) groups is 1. The maximum atomic E-state index is 14.9. The van der Waals surface area contributed by atoms with Gasteiger partial charge in [0.1, 0.15) is 18.1 Å². The third-order valence-corrected chi connectivity index (χ3v) is 7.52. The molecule has 4 rings (SSSR count). The summed E-state index contributed by atoms with van der Waals surface area (Å²) in [6.07, 6.45) is 0.0597. The summed E-state index contributed by atoms with van der Waals surface area (Å²) in [5, 5.41) is 11.6. The zero-order valence-corrected chi connectivity index (χ0v) is 23.4. The fourth-order valence-corrected chi connectivity index (χ4v) is 4.50. The number of nitrogens with zero attached hydrogens (tertiary/aromatic N) is 4. The minimum absolute atomic E-state index is 0.0795. The van der Waals surface area contributed by atoms with Crippen molar-refractivity contribution in [2.24, 2.45) is 0 Å². The predicted octanol–water partition coefficient (Wildman–Crippen LogP) is 6.55. The third-order valence-electron chi connectivity index (χ3n) is 5.82. The van der Waals surface area contributed by atoms with Crippen molar-refractivity contribution in [1.29, 1.82) is 0 Å². The van der Waals surface area contributed by atoms with Crippen LogP contribution in [0.5, 0.6) is 11.5 Å². The van der Waals surface area contributed by atoms with Crippen molar-refractivity contribution in [3.8, 4) is 11.5 Å². The Kier molecular flexibility index (Phi) is 8.87. The van der Waals surface area contributed by atoms with Crippen LogP contribution < -0.4 is 15.4 Å². The van der Waals surface area contributed by atoms with Gasteiger partial charge in [0.25, 0.3) is 0 Å². The molecule has 0 radical (unpaired) electrons. The second kappa shape index (κ2) is 12.2.